The zero-order valence-electron chi connectivity index (χ0n) is 13.6. The Kier molecular flexibility index (Phi) is 2.37. The molecule has 6 saturated carbocycles. The topological polar surface area (TPSA) is 40.5 Å². The fraction of sp³-hybridized carbons (Fsp3) is 1.00. The average molecular weight is 302 g/mol. The summed E-state index contributed by atoms with van der Waals surface area (Å²) in [6, 6.07) is 0. The highest BCUT2D eigenvalue weighted by Gasteiger charge is 2.73. The summed E-state index contributed by atoms with van der Waals surface area (Å²) in [5.74, 6) is 5.57. The van der Waals surface area contributed by atoms with E-state index in [2.05, 4.69) is 0 Å². The van der Waals surface area contributed by atoms with E-state index in [1.54, 1.807) is 0 Å². The molecule has 2 heteroatoms. The zero-order chi connectivity index (χ0) is 14.7. The van der Waals surface area contributed by atoms with Crippen molar-refractivity contribution in [3.8, 4) is 0 Å². The smallest absolute Gasteiger partial charge is 0.0969 e. The fourth-order valence-corrected chi connectivity index (χ4v) is 9.24. The largest absolute Gasteiger partial charge is 0.387 e. The molecule has 0 aromatic heterocycles. The van der Waals surface area contributed by atoms with E-state index < -0.39 is 11.2 Å². The van der Waals surface area contributed by atoms with Gasteiger partial charge in [0, 0.05) is 0 Å². The van der Waals surface area contributed by atoms with Gasteiger partial charge >= 0.3 is 0 Å². The van der Waals surface area contributed by atoms with Gasteiger partial charge in [-0.3, -0.25) is 0 Å². The predicted molar refractivity (Wildman–Crippen MR) is 84.0 cm³/mol. The molecule has 0 bridgehead atoms. The SMILES string of the molecule is O[C@]1([C@]2(O)C[C@@H]3CC[C@@H]4CC[C@@H]2[C@H]43)C[C@@H]2CC[C@@H]3CC[C@@H]1[C@@H]32. The van der Waals surface area contributed by atoms with Crippen LogP contribution in [0.1, 0.15) is 64.2 Å². The monoisotopic (exact) mass is 302 g/mol. The van der Waals surface area contributed by atoms with Gasteiger partial charge in [0.15, 0.2) is 0 Å². The van der Waals surface area contributed by atoms with E-state index in [1.165, 1.54) is 51.4 Å². The molecule has 0 spiro atoms. The minimum atomic E-state index is -0.735. The molecule has 22 heavy (non-hydrogen) atoms. The first kappa shape index (κ1) is 13.2. The lowest BCUT2D eigenvalue weighted by atomic mass is 9.67. The van der Waals surface area contributed by atoms with Crippen LogP contribution in [0, 0.1) is 47.3 Å². The molecule has 0 aliphatic heterocycles. The highest BCUT2D eigenvalue weighted by molar-refractivity contribution is 5.23. The zero-order valence-corrected chi connectivity index (χ0v) is 13.6. The molecule has 6 aliphatic carbocycles. The van der Waals surface area contributed by atoms with Gasteiger partial charge in [-0.25, -0.2) is 0 Å². The molecule has 10 atom stereocenters. The molecule has 0 radical (unpaired) electrons. The van der Waals surface area contributed by atoms with Crippen LogP contribution < -0.4 is 0 Å². The van der Waals surface area contributed by atoms with Crippen molar-refractivity contribution >= 4 is 0 Å². The fourth-order valence-electron chi connectivity index (χ4n) is 9.24. The maximum Gasteiger partial charge on any atom is 0.0969 e. The molecule has 122 valence electrons. The van der Waals surface area contributed by atoms with Crippen molar-refractivity contribution in [1.82, 2.24) is 0 Å². The second-order valence-electron chi connectivity index (χ2n) is 9.97. The van der Waals surface area contributed by atoms with E-state index in [-0.39, 0.29) is 0 Å². The van der Waals surface area contributed by atoms with Crippen LogP contribution >= 0.6 is 0 Å². The van der Waals surface area contributed by atoms with Gasteiger partial charge in [0.25, 0.3) is 0 Å². The van der Waals surface area contributed by atoms with Crippen molar-refractivity contribution in [3.63, 3.8) is 0 Å². The molecule has 0 aromatic rings. The molecule has 0 amide bonds. The first-order chi connectivity index (χ1) is 10.6. The van der Waals surface area contributed by atoms with Crippen LogP contribution in [0.4, 0.5) is 0 Å². The third kappa shape index (κ3) is 1.27. The van der Waals surface area contributed by atoms with E-state index in [1.807, 2.05) is 0 Å². The Morgan fingerprint density at radius 1 is 0.500 bits per heavy atom. The first-order valence-electron chi connectivity index (χ1n) is 10.1. The maximum atomic E-state index is 11.9. The summed E-state index contributed by atoms with van der Waals surface area (Å²) in [5.41, 5.74) is -1.47. The number of aliphatic hydroxyl groups is 2. The third-order valence-corrected chi connectivity index (χ3v) is 9.74. The number of rotatable bonds is 1. The van der Waals surface area contributed by atoms with Crippen molar-refractivity contribution in [2.75, 3.05) is 0 Å². The van der Waals surface area contributed by atoms with Crippen LogP contribution in [0.5, 0.6) is 0 Å². The number of hydrogen-bond acceptors (Lipinski definition) is 2. The second kappa shape index (κ2) is 3.94. The summed E-state index contributed by atoms with van der Waals surface area (Å²) in [7, 11) is 0. The van der Waals surface area contributed by atoms with Crippen LogP contribution in [-0.2, 0) is 0 Å². The highest BCUT2D eigenvalue weighted by Crippen LogP contribution is 2.71. The lowest BCUT2D eigenvalue weighted by molar-refractivity contribution is -0.194. The van der Waals surface area contributed by atoms with E-state index in [0.29, 0.717) is 11.8 Å². The van der Waals surface area contributed by atoms with Crippen LogP contribution in [0.2, 0.25) is 0 Å². The van der Waals surface area contributed by atoms with E-state index in [0.717, 1.165) is 48.3 Å². The molecular weight excluding hydrogens is 272 g/mol. The van der Waals surface area contributed by atoms with Gasteiger partial charge in [0.05, 0.1) is 11.2 Å². The Morgan fingerprint density at radius 2 is 0.864 bits per heavy atom. The van der Waals surface area contributed by atoms with Crippen molar-refractivity contribution in [1.29, 1.82) is 0 Å². The Bertz CT molecular complexity index is 472. The highest BCUT2D eigenvalue weighted by atomic mass is 16.4. The summed E-state index contributed by atoms with van der Waals surface area (Å²) < 4.78 is 0. The maximum absolute atomic E-state index is 11.9. The average Bonchev–Trinajstić information content (AvgIpc) is 3.24. The van der Waals surface area contributed by atoms with E-state index >= 15 is 0 Å². The van der Waals surface area contributed by atoms with Gasteiger partial charge < -0.3 is 10.2 Å². The van der Waals surface area contributed by atoms with Crippen molar-refractivity contribution < 1.29 is 10.2 Å². The van der Waals surface area contributed by atoms with Gasteiger partial charge in [-0.05, 0) is 112 Å². The van der Waals surface area contributed by atoms with Gasteiger partial charge in [-0.15, -0.1) is 0 Å². The Balaban J connectivity index is 1.41. The van der Waals surface area contributed by atoms with Crippen LogP contribution in [0.25, 0.3) is 0 Å². The minimum absolute atomic E-state index is 0.424. The van der Waals surface area contributed by atoms with E-state index in [9.17, 15) is 10.2 Å². The molecule has 6 rings (SSSR count). The van der Waals surface area contributed by atoms with Crippen molar-refractivity contribution in [2.24, 2.45) is 47.3 Å². The Hall–Kier alpha value is -0.0800. The second-order valence-corrected chi connectivity index (χ2v) is 9.97. The summed E-state index contributed by atoms with van der Waals surface area (Å²) in [6.45, 7) is 0. The molecule has 0 unspecified atom stereocenters. The van der Waals surface area contributed by atoms with Crippen LogP contribution in [0.15, 0.2) is 0 Å². The van der Waals surface area contributed by atoms with Crippen molar-refractivity contribution in [2.45, 2.75) is 75.4 Å². The molecule has 2 nitrogen and oxygen atoms in total. The summed E-state index contributed by atoms with van der Waals surface area (Å²) in [6.07, 6.45) is 12.3. The first-order valence-corrected chi connectivity index (χ1v) is 10.1. The van der Waals surface area contributed by atoms with E-state index in [4.69, 9.17) is 0 Å². The molecule has 6 aliphatic rings. The lowest BCUT2D eigenvalue weighted by Gasteiger charge is -2.47. The summed E-state index contributed by atoms with van der Waals surface area (Å²) >= 11 is 0. The molecule has 6 fully saturated rings. The predicted octanol–water partition coefficient (Wildman–Crippen LogP) is 3.36. The minimum Gasteiger partial charge on any atom is -0.387 e. The molecular formula is C20H30O2. The standard InChI is InChI=1S/C20H30O2/c21-19(9-13-3-1-11-5-7-15(19)17(11)13)20(22)10-14-4-2-12-6-8-16(20)18(12)14/h11-18,21-22H,1-10H2/t11-,12-,13+,14+,15-,16-,17-,18+,19+,20-/m1/s1. The molecule has 0 saturated heterocycles. The summed E-state index contributed by atoms with van der Waals surface area (Å²) in [5, 5.41) is 23.7. The quantitative estimate of drug-likeness (QED) is 0.780. The van der Waals surface area contributed by atoms with Gasteiger partial charge in [-0.2, -0.15) is 0 Å². The van der Waals surface area contributed by atoms with Crippen LogP contribution in [0.3, 0.4) is 0 Å². The van der Waals surface area contributed by atoms with Gasteiger partial charge in [-0.1, -0.05) is 0 Å². The van der Waals surface area contributed by atoms with Gasteiger partial charge in [0.2, 0.25) is 0 Å². The van der Waals surface area contributed by atoms with Crippen LogP contribution in [-0.4, -0.2) is 21.4 Å². The normalized spacial score (nSPS) is 67.9. The van der Waals surface area contributed by atoms with Gasteiger partial charge in [0.1, 0.15) is 0 Å². The number of hydrogen-bond donors (Lipinski definition) is 2. The molecule has 0 heterocycles. The summed E-state index contributed by atoms with van der Waals surface area (Å²) in [4.78, 5) is 0. The third-order valence-electron chi connectivity index (χ3n) is 9.74. The Morgan fingerprint density at radius 3 is 1.32 bits per heavy atom. The van der Waals surface area contributed by atoms with Crippen molar-refractivity contribution in [3.05, 3.63) is 0 Å². The molecule has 2 N–H and O–H groups in total. The Labute approximate surface area is 133 Å². The molecule has 0 aromatic carbocycles. The lowest BCUT2D eigenvalue weighted by Crippen LogP contribution is -2.59.